The smallest absolute Gasteiger partial charge is 0.235 e. The number of rotatable bonds is 6. The van der Waals surface area contributed by atoms with Gasteiger partial charge in [0.25, 0.3) is 0 Å². The Kier molecular flexibility index (Phi) is 7.14. The number of primary amides is 1. The molecule has 2 fully saturated rings. The number of benzene rings is 1. The molecule has 1 aromatic carbocycles. The number of Topliss-reactive ketones (excluding diaryl/α,β-unsaturated/α-hetero) is 4. The molecule has 0 bridgehead atoms. The van der Waals surface area contributed by atoms with Crippen LogP contribution >= 0.6 is 0 Å². The lowest BCUT2D eigenvalue weighted by Gasteiger charge is -2.52. The number of carbonyl (C=O) groups is 5. The molecule has 0 heterocycles. The Morgan fingerprint density at radius 3 is 2.26 bits per heavy atom. The molecular weight excluding hydrogens is 504 g/mol. The minimum Gasteiger partial charge on any atom is -0.505 e. The zero-order valence-electron chi connectivity index (χ0n) is 23.2. The van der Waals surface area contributed by atoms with E-state index in [1.54, 1.807) is 20.2 Å². The largest absolute Gasteiger partial charge is 0.505 e. The Bertz CT molecular complexity index is 1270. The van der Waals surface area contributed by atoms with Crippen molar-refractivity contribution in [2.45, 2.75) is 58.2 Å². The number of hydrogen-bond donors (Lipinski definition) is 4. The average Bonchev–Trinajstić information content (AvgIpc) is 2.81. The molecule has 4 unspecified atom stereocenters. The number of ketones is 4. The van der Waals surface area contributed by atoms with Gasteiger partial charge < -0.3 is 26.6 Å². The van der Waals surface area contributed by atoms with Gasteiger partial charge in [-0.3, -0.25) is 28.9 Å². The molecule has 0 aliphatic heterocycles. The molecule has 39 heavy (non-hydrogen) atoms. The number of carbonyl (C=O) groups excluding carboxylic acids is 5. The fourth-order valence-electron chi connectivity index (χ4n) is 6.91. The molecule has 4 rings (SSSR count). The number of amides is 1. The maximum atomic E-state index is 14.0. The van der Waals surface area contributed by atoms with Gasteiger partial charge in [0.15, 0.2) is 34.7 Å². The van der Waals surface area contributed by atoms with Crippen LogP contribution in [0, 0.1) is 29.6 Å². The number of anilines is 2. The molecule has 2 saturated carbocycles. The number of nitrogen functional groups attached to an aromatic ring is 1. The molecule has 11 heteroatoms. The Balaban J connectivity index is 1.90. The van der Waals surface area contributed by atoms with Crippen molar-refractivity contribution >= 4 is 40.4 Å². The van der Waals surface area contributed by atoms with Crippen molar-refractivity contribution < 1.29 is 34.2 Å². The van der Waals surface area contributed by atoms with E-state index in [9.17, 15) is 34.2 Å². The van der Waals surface area contributed by atoms with E-state index >= 15 is 0 Å². The van der Waals surface area contributed by atoms with Crippen molar-refractivity contribution in [2.24, 2.45) is 35.3 Å². The number of nitrogens with zero attached hydrogens (tertiary/aromatic N) is 2. The molecule has 1 aromatic rings. The third kappa shape index (κ3) is 4.13. The summed E-state index contributed by atoms with van der Waals surface area (Å²) in [7, 11) is 3.11. The summed E-state index contributed by atoms with van der Waals surface area (Å²) in [5.74, 6) is -10.6. The third-order valence-corrected chi connectivity index (χ3v) is 8.56. The first-order valence-electron chi connectivity index (χ1n) is 13.3. The summed E-state index contributed by atoms with van der Waals surface area (Å²) in [6.45, 7) is 8.78. The minimum atomic E-state index is -2.75. The molecular formula is C28H38N4O7. The van der Waals surface area contributed by atoms with E-state index in [2.05, 4.69) is 18.7 Å². The summed E-state index contributed by atoms with van der Waals surface area (Å²) in [6.07, 6.45) is 0.191. The predicted octanol–water partition coefficient (Wildman–Crippen LogP) is 0.320. The van der Waals surface area contributed by atoms with Gasteiger partial charge in [-0.25, -0.2) is 0 Å². The monoisotopic (exact) mass is 542 g/mol. The molecule has 0 saturated heterocycles. The van der Waals surface area contributed by atoms with Crippen LogP contribution in [0.2, 0.25) is 0 Å². The van der Waals surface area contributed by atoms with Gasteiger partial charge in [0.1, 0.15) is 5.75 Å². The summed E-state index contributed by atoms with van der Waals surface area (Å²) < 4.78 is 0. The molecule has 1 amide bonds. The number of hydrogen-bond acceptors (Lipinski definition) is 10. The number of aromatic hydroxyl groups is 1. The van der Waals surface area contributed by atoms with E-state index in [4.69, 9.17) is 11.5 Å². The molecule has 0 spiro atoms. The normalized spacial score (nSPS) is 30.5. The van der Waals surface area contributed by atoms with Crippen molar-refractivity contribution in [3.8, 4) is 5.75 Å². The van der Waals surface area contributed by atoms with Crippen LogP contribution < -0.4 is 16.4 Å². The van der Waals surface area contributed by atoms with Gasteiger partial charge in [-0.1, -0.05) is 13.8 Å². The summed E-state index contributed by atoms with van der Waals surface area (Å²) in [6, 6.07) is 0.529. The van der Waals surface area contributed by atoms with Gasteiger partial charge in [0.05, 0.1) is 23.2 Å². The average molecular weight is 543 g/mol. The standard InChI is InChI=1S/C28H38N4O7/c1-11(2)10-32(12(3)4)17-9-16(29)22(33)19-14(17)7-13-8-15-21(31(5)6)24(35)20(27(30)38)26(37)28(15,39)25(36)18(13)23(19)34/h9,11-13,15,18,20-21,33,39H,7-8,10,29H2,1-6H3,(H2,30,38)/t13?,15?,18?,20?,21-,28-/m0/s1. The van der Waals surface area contributed by atoms with Crippen LogP contribution in [0.4, 0.5) is 11.4 Å². The molecule has 0 aromatic heterocycles. The number of likely N-dealkylation sites (N-methyl/N-ethyl adjacent to an activating group) is 1. The molecule has 212 valence electrons. The first-order valence-corrected chi connectivity index (χ1v) is 13.3. The summed E-state index contributed by atoms with van der Waals surface area (Å²) >= 11 is 0. The van der Waals surface area contributed by atoms with E-state index in [1.165, 1.54) is 4.90 Å². The van der Waals surface area contributed by atoms with Crippen molar-refractivity contribution in [3.05, 3.63) is 17.2 Å². The zero-order chi connectivity index (χ0) is 29.3. The number of fused-ring (bicyclic) bond motifs is 3. The van der Waals surface area contributed by atoms with Crippen LogP contribution in [0.1, 0.15) is 50.0 Å². The highest BCUT2D eigenvalue weighted by atomic mass is 16.3. The lowest BCUT2D eigenvalue weighted by molar-refractivity contribution is -0.181. The van der Waals surface area contributed by atoms with Crippen LogP contribution in [-0.2, 0) is 25.6 Å². The topological polar surface area (TPSA) is 184 Å². The summed E-state index contributed by atoms with van der Waals surface area (Å²) in [4.78, 5) is 70.2. The quantitative estimate of drug-likeness (QED) is 0.222. The van der Waals surface area contributed by atoms with Gasteiger partial charge in [-0.2, -0.15) is 0 Å². The van der Waals surface area contributed by atoms with Gasteiger partial charge in [0, 0.05) is 24.2 Å². The van der Waals surface area contributed by atoms with E-state index in [0.29, 0.717) is 17.8 Å². The highest BCUT2D eigenvalue weighted by Crippen LogP contribution is 2.52. The van der Waals surface area contributed by atoms with Crippen LogP contribution in [0.5, 0.6) is 5.75 Å². The molecule has 3 aliphatic carbocycles. The number of aliphatic hydroxyl groups is 1. The third-order valence-electron chi connectivity index (χ3n) is 8.56. The Labute approximate surface area is 227 Å². The van der Waals surface area contributed by atoms with Crippen molar-refractivity contribution in [2.75, 3.05) is 31.3 Å². The van der Waals surface area contributed by atoms with Gasteiger partial charge in [-0.15, -0.1) is 0 Å². The maximum Gasteiger partial charge on any atom is 0.235 e. The highest BCUT2D eigenvalue weighted by Gasteiger charge is 2.69. The molecule has 11 nitrogen and oxygen atoms in total. The molecule has 6 atom stereocenters. The Morgan fingerprint density at radius 2 is 1.74 bits per heavy atom. The number of phenols is 1. The first-order chi connectivity index (χ1) is 18.0. The van der Waals surface area contributed by atoms with Crippen molar-refractivity contribution in [1.29, 1.82) is 0 Å². The van der Waals surface area contributed by atoms with Crippen LogP contribution in [-0.4, -0.2) is 82.5 Å². The Hall–Kier alpha value is -3.31. The van der Waals surface area contributed by atoms with E-state index < -0.39 is 70.1 Å². The van der Waals surface area contributed by atoms with Crippen LogP contribution in [0.15, 0.2) is 6.07 Å². The lowest BCUT2D eigenvalue weighted by atomic mass is 9.52. The summed E-state index contributed by atoms with van der Waals surface area (Å²) in [5.41, 5.74) is 9.86. The number of nitrogens with two attached hydrogens (primary N) is 2. The fourth-order valence-corrected chi connectivity index (χ4v) is 6.91. The first kappa shape index (κ1) is 28.7. The Morgan fingerprint density at radius 1 is 1.13 bits per heavy atom. The molecule has 0 radical (unpaired) electrons. The predicted molar refractivity (Wildman–Crippen MR) is 143 cm³/mol. The minimum absolute atomic E-state index is 0.000330. The highest BCUT2D eigenvalue weighted by molar-refractivity contribution is 6.32. The molecule has 6 N–H and O–H groups in total. The lowest BCUT2D eigenvalue weighted by Crippen LogP contribution is -2.74. The van der Waals surface area contributed by atoms with E-state index in [1.807, 2.05) is 13.8 Å². The zero-order valence-corrected chi connectivity index (χ0v) is 23.2. The van der Waals surface area contributed by atoms with E-state index in [0.717, 1.165) is 0 Å². The van der Waals surface area contributed by atoms with Crippen molar-refractivity contribution in [1.82, 2.24) is 4.90 Å². The van der Waals surface area contributed by atoms with E-state index in [-0.39, 0.29) is 36.1 Å². The van der Waals surface area contributed by atoms with Gasteiger partial charge >= 0.3 is 0 Å². The SMILES string of the molecule is CC(C)CN(c1cc(N)c(O)c2c1CC1CC3[C@H](N(C)C)C(=O)C(C(N)=O)C(=O)[C@@]3(O)C(=O)C1C2=O)C(C)C. The second-order valence-electron chi connectivity index (χ2n) is 12.1. The van der Waals surface area contributed by atoms with Crippen LogP contribution in [0.25, 0.3) is 0 Å². The maximum absolute atomic E-state index is 14.0. The van der Waals surface area contributed by atoms with Crippen LogP contribution in [0.3, 0.4) is 0 Å². The molecule has 3 aliphatic rings. The van der Waals surface area contributed by atoms with Crippen molar-refractivity contribution in [3.63, 3.8) is 0 Å². The van der Waals surface area contributed by atoms with Gasteiger partial charge in [-0.05, 0) is 64.3 Å². The fraction of sp³-hybridized carbons (Fsp3) is 0.607. The summed E-state index contributed by atoms with van der Waals surface area (Å²) in [5, 5.41) is 22.6. The second kappa shape index (κ2) is 9.71. The second-order valence-corrected chi connectivity index (χ2v) is 12.1. The van der Waals surface area contributed by atoms with Gasteiger partial charge in [0.2, 0.25) is 5.91 Å². The number of phenolic OH excluding ortho intramolecular Hbond substituents is 1.